The maximum absolute atomic E-state index is 11.8. The molecule has 1 rings (SSSR count). The third-order valence-corrected chi connectivity index (χ3v) is 2.39. The number of carboxylic acid groups (broad SMARTS) is 1. The summed E-state index contributed by atoms with van der Waals surface area (Å²) >= 11 is 0. The molecule has 0 heterocycles. The molecule has 0 aliphatic rings. The van der Waals surface area contributed by atoms with Crippen molar-refractivity contribution in [3.8, 4) is 0 Å². The summed E-state index contributed by atoms with van der Waals surface area (Å²) in [7, 11) is 0. The van der Waals surface area contributed by atoms with E-state index in [0.29, 0.717) is 24.1 Å². The molecule has 0 fully saturated rings. The van der Waals surface area contributed by atoms with Crippen LogP contribution in [0, 0.1) is 0 Å². The molecule has 0 aliphatic heterocycles. The lowest BCUT2D eigenvalue weighted by Gasteiger charge is -2.14. The second-order valence-electron chi connectivity index (χ2n) is 3.74. The van der Waals surface area contributed by atoms with Crippen LogP contribution in [-0.2, 0) is 4.79 Å². The van der Waals surface area contributed by atoms with E-state index in [1.807, 2.05) is 6.92 Å². The van der Waals surface area contributed by atoms with Crippen LogP contribution in [0.5, 0.6) is 0 Å². The topological polar surface area (TPSA) is 92.4 Å². The Morgan fingerprint density at radius 2 is 2.06 bits per heavy atom. The minimum absolute atomic E-state index is 0.301. The molecule has 0 saturated carbocycles. The third kappa shape index (κ3) is 3.48. The van der Waals surface area contributed by atoms with E-state index in [1.54, 1.807) is 24.3 Å². The SMILES string of the molecule is CCCC(NC(=O)c1ccccc1N)C(=O)O. The van der Waals surface area contributed by atoms with E-state index in [9.17, 15) is 9.59 Å². The number of anilines is 1. The molecular weight excluding hydrogens is 220 g/mol. The number of para-hydroxylation sites is 1. The lowest BCUT2D eigenvalue weighted by atomic mass is 10.1. The van der Waals surface area contributed by atoms with Crippen LogP contribution < -0.4 is 11.1 Å². The maximum Gasteiger partial charge on any atom is 0.326 e. The number of aliphatic carboxylic acids is 1. The summed E-state index contributed by atoms with van der Waals surface area (Å²) in [6.45, 7) is 1.86. The van der Waals surface area contributed by atoms with Gasteiger partial charge in [0, 0.05) is 5.69 Å². The highest BCUT2D eigenvalue weighted by Crippen LogP contribution is 2.10. The lowest BCUT2D eigenvalue weighted by Crippen LogP contribution is -2.40. The molecule has 0 spiro atoms. The van der Waals surface area contributed by atoms with E-state index in [0.717, 1.165) is 0 Å². The largest absolute Gasteiger partial charge is 0.480 e. The average molecular weight is 236 g/mol. The van der Waals surface area contributed by atoms with Crippen LogP contribution in [0.4, 0.5) is 5.69 Å². The first-order chi connectivity index (χ1) is 8.06. The van der Waals surface area contributed by atoms with Crippen LogP contribution in [0.3, 0.4) is 0 Å². The molecule has 0 aromatic heterocycles. The number of carbonyl (C=O) groups excluding carboxylic acids is 1. The number of nitrogens with two attached hydrogens (primary N) is 1. The van der Waals surface area contributed by atoms with Crippen molar-refractivity contribution >= 4 is 17.6 Å². The first-order valence-electron chi connectivity index (χ1n) is 5.44. The third-order valence-electron chi connectivity index (χ3n) is 2.39. The molecule has 1 aromatic carbocycles. The Labute approximate surface area is 99.6 Å². The standard InChI is InChI=1S/C12H16N2O3/c1-2-5-10(12(16)17)14-11(15)8-6-3-4-7-9(8)13/h3-4,6-7,10H,2,5,13H2,1H3,(H,14,15)(H,16,17). The quantitative estimate of drug-likeness (QED) is 0.671. The fourth-order valence-corrected chi connectivity index (χ4v) is 1.49. The summed E-state index contributed by atoms with van der Waals surface area (Å²) in [5.74, 6) is -1.49. The molecule has 0 aliphatic carbocycles. The van der Waals surface area contributed by atoms with Crippen molar-refractivity contribution in [1.29, 1.82) is 0 Å². The van der Waals surface area contributed by atoms with Gasteiger partial charge in [0.25, 0.3) is 5.91 Å². The number of hydrogen-bond donors (Lipinski definition) is 3. The number of benzene rings is 1. The highest BCUT2D eigenvalue weighted by molar-refractivity contribution is 6.00. The molecule has 0 saturated heterocycles. The second kappa shape index (κ2) is 5.89. The van der Waals surface area contributed by atoms with Crippen molar-refractivity contribution < 1.29 is 14.7 Å². The number of hydrogen-bond acceptors (Lipinski definition) is 3. The van der Waals surface area contributed by atoms with E-state index in [-0.39, 0.29) is 0 Å². The van der Waals surface area contributed by atoms with Gasteiger partial charge in [0.1, 0.15) is 6.04 Å². The number of nitrogens with one attached hydrogen (secondary N) is 1. The Balaban J connectivity index is 2.77. The maximum atomic E-state index is 11.8. The number of carboxylic acids is 1. The zero-order valence-corrected chi connectivity index (χ0v) is 9.64. The van der Waals surface area contributed by atoms with Gasteiger partial charge in [-0.15, -0.1) is 0 Å². The fraction of sp³-hybridized carbons (Fsp3) is 0.333. The molecule has 1 unspecified atom stereocenters. The number of carbonyl (C=O) groups is 2. The Morgan fingerprint density at radius 3 is 2.59 bits per heavy atom. The zero-order valence-electron chi connectivity index (χ0n) is 9.64. The molecule has 4 N–H and O–H groups in total. The molecule has 92 valence electrons. The Morgan fingerprint density at radius 1 is 1.41 bits per heavy atom. The minimum Gasteiger partial charge on any atom is -0.480 e. The van der Waals surface area contributed by atoms with Gasteiger partial charge in [-0.3, -0.25) is 4.79 Å². The molecule has 1 amide bonds. The lowest BCUT2D eigenvalue weighted by molar-refractivity contribution is -0.139. The van der Waals surface area contributed by atoms with Crippen LogP contribution >= 0.6 is 0 Å². The number of rotatable bonds is 5. The first kappa shape index (κ1) is 13.0. The molecule has 5 nitrogen and oxygen atoms in total. The van der Waals surface area contributed by atoms with Crippen LogP contribution in [0.1, 0.15) is 30.1 Å². The summed E-state index contributed by atoms with van der Waals surface area (Å²) in [4.78, 5) is 22.7. The van der Waals surface area contributed by atoms with Crippen molar-refractivity contribution in [2.75, 3.05) is 5.73 Å². The molecule has 0 radical (unpaired) electrons. The molecule has 5 heteroatoms. The van der Waals surface area contributed by atoms with Crippen molar-refractivity contribution in [2.24, 2.45) is 0 Å². The van der Waals surface area contributed by atoms with Gasteiger partial charge in [-0.05, 0) is 18.6 Å². The van der Waals surface area contributed by atoms with Crippen LogP contribution in [0.25, 0.3) is 0 Å². The summed E-state index contributed by atoms with van der Waals surface area (Å²) in [6, 6.07) is 5.69. The number of amides is 1. The van der Waals surface area contributed by atoms with Gasteiger partial charge < -0.3 is 16.2 Å². The highest BCUT2D eigenvalue weighted by atomic mass is 16.4. The average Bonchev–Trinajstić information content (AvgIpc) is 2.28. The second-order valence-corrected chi connectivity index (χ2v) is 3.74. The van der Waals surface area contributed by atoms with Crippen LogP contribution in [0.2, 0.25) is 0 Å². The van der Waals surface area contributed by atoms with Gasteiger partial charge in [0.15, 0.2) is 0 Å². The van der Waals surface area contributed by atoms with Gasteiger partial charge in [-0.25, -0.2) is 4.79 Å². The Hall–Kier alpha value is -2.04. The first-order valence-corrected chi connectivity index (χ1v) is 5.44. The predicted octanol–water partition coefficient (Wildman–Crippen LogP) is 1.25. The van der Waals surface area contributed by atoms with Gasteiger partial charge in [-0.2, -0.15) is 0 Å². The van der Waals surface area contributed by atoms with Crippen molar-refractivity contribution in [1.82, 2.24) is 5.32 Å². The van der Waals surface area contributed by atoms with Gasteiger partial charge in [0.05, 0.1) is 5.56 Å². The fourth-order valence-electron chi connectivity index (χ4n) is 1.49. The van der Waals surface area contributed by atoms with E-state index >= 15 is 0 Å². The van der Waals surface area contributed by atoms with Crippen LogP contribution in [0.15, 0.2) is 24.3 Å². The molecule has 0 bridgehead atoms. The van der Waals surface area contributed by atoms with Gasteiger partial charge in [0.2, 0.25) is 0 Å². The van der Waals surface area contributed by atoms with Gasteiger partial charge in [-0.1, -0.05) is 25.5 Å². The summed E-state index contributed by atoms with van der Waals surface area (Å²) < 4.78 is 0. The van der Waals surface area contributed by atoms with E-state index < -0.39 is 17.9 Å². The number of nitrogen functional groups attached to an aromatic ring is 1. The predicted molar refractivity (Wildman–Crippen MR) is 64.7 cm³/mol. The minimum atomic E-state index is -1.03. The molecule has 17 heavy (non-hydrogen) atoms. The molecular formula is C12H16N2O3. The van der Waals surface area contributed by atoms with Crippen molar-refractivity contribution in [2.45, 2.75) is 25.8 Å². The van der Waals surface area contributed by atoms with E-state index in [2.05, 4.69) is 5.32 Å². The Kier molecular flexibility index (Phi) is 4.51. The monoisotopic (exact) mass is 236 g/mol. The summed E-state index contributed by atoms with van der Waals surface area (Å²) in [5, 5.41) is 11.4. The van der Waals surface area contributed by atoms with Gasteiger partial charge >= 0.3 is 5.97 Å². The normalized spacial score (nSPS) is 11.8. The van der Waals surface area contributed by atoms with Crippen molar-refractivity contribution in [3.63, 3.8) is 0 Å². The van der Waals surface area contributed by atoms with E-state index in [1.165, 1.54) is 0 Å². The zero-order chi connectivity index (χ0) is 12.8. The Bertz CT molecular complexity index is 418. The van der Waals surface area contributed by atoms with Crippen LogP contribution in [-0.4, -0.2) is 23.0 Å². The summed E-state index contributed by atoms with van der Waals surface area (Å²) in [5.41, 5.74) is 6.28. The van der Waals surface area contributed by atoms with E-state index in [4.69, 9.17) is 10.8 Å². The van der Waals surface area contributed by atoms with Crippen molar-refractivity contribution in [3.05, 3.63) is 29.8 Å². The molecule has 1 atom stereocenters. The highest BCUT2D eigenvalue weighted by Gasteiger charge is 2.20. The summed E-state index contributed by atoms with van der Waals surface area (Å²) in [6.07, 6.45) is 1.08. The molecule has 1 aromatic rings. The smallest absolute Gasteiger partial charge is 0.326 e.